The molecule has 1 atom stereocenters. The molecule has 7 heteroatoms. The van der Waals surface area contributed by atoms with Crippen molar-refractivity contribution in [3.63, 3.8) is 0 Å². The monoisotopic (exact) mass is 523 g/mol. The minimum Gasteiger partial charge on any atom is -0.507 e. The van der Waals surface area contributed by atoms with Crippen molar-refractivity contribution in [1.82, 2.24) is 4.98 Å². The third kappa shape index (κ3) is 4.07. The van der Waals surface area contributed by atoms with Crippen LogP contribution >= 0.6 is 11.3 Å². The fourth-order valence-corrected chi connectivity index (χ4v) is 6.55. The molecule has 3 aromatic carbocycles. The van der Waals surface area contributed by atoms with Crippen LogP contribution in [0.15, 0.2) is 66.2 Å². The maximum atomic E-state index is 13.6. The second-order valence-electron chi connectivity index (χ2n) is 10.3. The van der Waals surface area contributed by atoms with Crippen LogP contribution in [-0.2, 0) is 22.4 Å². The lowest BCUT2D eigenvalue weighted by molar-refractivity contribution is -0.132. The Bertz CT molecular complexity index is 1620. The van der Waals surface area contributed by atoms with Crippen molar-refractivity contribution >= 4 is 49.8 Å². The number of fused-ring (bicyclic) bond motifs is 2. The number of thiazole rings is 1. The standard InChI is InChI=1S/C31H29N3O3S/c1-18-8-15-24-25(16-18)38-31(32-24)34-27(20-11-13-23(14-12-20)33(2)3)26(29(36)30(34)37)28(35)22-10-9-19-6-4-5-7-21(19)17-22/h8-17,27,35H,4-7H2,1-3H3/b28-26+. The quantitative estimate of drug-likeness (QED) is 0.197. The first-order valence-electron chi connectivity index (χ1n) is 12.9. The van der Waals surface area contributed by atoms with Crippen LogP contribution in [0, 0.1) is 6.92 Å². The Morgan fingerprint density at radius 1 is 0.974 bits per heavy atom. The molecule has 2 aliphatic rings. The average molecular weight is 524 g/mol. The summed E-state index contributed by atoms with van der Waals surface area (Å²) >= 11 is 1.38. The number of aliphatic hydroxyl groups is 1. The number of aliphatic hydroxyl groups excluding tert-OH is 1. The molecule has 1 aromatic heterocycles. The molecule has 4 aromatic rings. The molecule has 1 fully saturated rings. The van der Waals surface area contributed by atoms with E-state index in [1.165, 1.54) is 27.4 Å². The van der Waals surface area contributed by atoms with E-state index in [1.54, 1.807) is 0 Å². The van der Waals surface area contributed by atoms with Gasteiger partial charge in [-0.05, 0) is 85.2 Å². The zero-order valence-electron chi connectivity index (χ0n) is 21.7. The molecule has 1 aliphatic heterocycles. The first-order chi connectivity index (χ1) is 18.3. The van der Waals surface area contributed by atoms with Gasteiger partial charge in [-0.3, -0.25) is 14.5 Å². The molecule has 192 valence electrons. The summed E-state index contributed by atoms with van der Waals surface area (Å²) in [5, 5.41) is 12.0. The average Bonchev–Trinajstić information content (AvgIpc) is 3.45. The molecular formula is C31H29N3O3S. The number of benzene rings is 3. The van der Waals surface area contributed by atoms with Gasteiger partial charge in [0.05, 0.1) is 21.8 Å². The van der Waals surface area contributed by atoms with Crippen molar-refractivity contribution in [1.29, 1.82) is 0 Å². The van der Waals surface area contributed by atoms with Crippen LogP contribution < -0.4 is 9.80 Å². The minimum absolute atomic E-state index is 0.0961. The Labute approximate surface area is 225 Å². The van der Waals surface area contributed by atoms with E-state index in [9.17, 15) is 14.7 Å². The van der Waals surface area contributed by atoms with Gasteiger partial charge in [-0.1, -0.05) is 41.7 Å². The summed E-state index contributed by atoms with van der Waals surface area (Å²) in [6.45, 7) is 2.01. The number of hydrogen-bond donors (Lipinski definition) is 1. The number of rotatable bonds is 4. The van der Waals surface area contributed by atoms with Gasteiger partial charge in [0, 0.05) is 25.3 Å². The van der Waals surface area contributed by atoms with Crippen molar-refractivity contribution in [2.24, 2.45) is 0 Å². The first kappa shape index (κ1) is 24.4. The molecule has 1 saturated heterocycles. The minimum atomic E-state index is -0.788. The zero-order valence-corrected chi connectivity index (χ0v) is 22.5. The maximum absolute atomic E-state index is 13.6. The SMILES string of the molecule is Cc1ccc2nc(N3C(=O)C(=O)/C(=C(/O)c4ccc5c(c4)CCCC5)C3c3ccc(N(C)C)cc3)sc2c1. The van der Waals surface area contributed by atoms with Crippen molar-refractivity contribution in [3.05, 3.63) is 94.1 Å². The van der Waals surface area contributed by atoms with Crippen LogP contribution in [0.4, 0.5) is 10.8 Å². The smallest absolute Gasteiger partial charge is 0.301 e. The van der Waals surface area contributed by atoms with Gasteiger partial charge in [0.1, 0.15) is 5.76 Å². The lowest BCUT2D eigenvalue weighted by atomic mass is 9.88. The van der Waals surface area contributed by atoms with Gasteiger partial charge in [0.2, 0.25) is 0 Å². The molecule has 1 N–H and O–H groups in total. The molecule has 38 heavy (non-hydrogen) atoms. The number of aromatic nitrogens is 1. The Morgan fingerprint density at radius 2 is 1.71 bits per heavy atom. The van der Waals surface area contributed by atoms with E-state index in [0.717, 1.165) is 52.7 Å². The van der Waals surface area contributed by atoms with E-state index in [2.05, 4.69) is 0 Å². The van der Waals surface area contributed by atoms with Crippen molar-refractivity contribution in [2.75, 3.05) is 23.9 Å². The van der Waals surface area contributed by atoms with E-state index in [0.29, 0.717) is 10.7 Å². The van der Waals surface area contributed by atoms with Crippen LogP contribution in [0.2, 0.25) is 0 Å². The number of aryl methyl sites for hydroxylation is 3. The molecule has 1 amide bonds. The summed E-state index contributed by atoms with van der Waals surface area (Å²) < 4.78 is 0.943. The highest BCUT2D eigenvalue weighted by Gasteiger charge is 2.48. The lowest BCUT2D eigenvalue weighted by Gasteiger charge is -2.24. The van der Waals surface area contributed by atoms with Crippen LogP contribution in [0.5, 0.6) is 0 Å². The zero-order chi connectivity index (χ0) is 26.6. The first-order valence-corrected chi connectivity index (χ1v) is 13.7. The maximum Gasteiger partial charge on any atom is 0.301 e. The van der Waals surface area contributed by atoms with E-state index in [1.807, 2.05) is 86.6 Å². The summed E-state index contributed by atoms with van der Waals surface area (Å²) in [7, 11) is 3.92. The summed E-state index contributed by atoms with van der Waals surface area (Å²) in [5.74, 6) is -1.52. The van der Waals surface area contributed by atoms with Gasteiger partial charge >= 0.3 is 5.91 Å². The van der Waals surface area contributed by atoms with Crippen molar-refractivity contribution in [3.8, 4) is 0 Å². The number of carbonyl (C=O) groups excluding carboxylic acids is 2. The number of nitrogens with zero attached hydrogens (tertiary/aromatic N) is 3. The van der Waals surface area contributed by atoms with Gasteiger partial charge in [-0.2, -0.15) is 0 Å². The molecule has 0 radical (unpaired) electrons. The fraction of sp³-hybridized carbons (Fsp3) is 0.258. The largest absolute Gasteiger partial charge is 0.507 e. The van der Waals surface area contributed by atoms with E-state index in [-0.39, 0.29) is 11.3 Å². The highest BCUT2D eigenvalue weighted by Crippen LogP contribution is 2.45. The number of hydrogen-bond acceptors (Lipinski definition) is 6. The van der Waals surface area contributed by atoms with Crippen LogP contribution in [0.25, 0.3) is 16.0 Å². The van der Waals surface area contributed by atoms with E-state index in [4.69, 9.17) is 4.98 Å². The Kier molecular flexibility index (Phi) is 6.03. The Hall–Kier alpha value is -3.97. The topological polar surface area (TPSA) is 73.7 Å². The lowest BCUT2D eigenvalue weighted by Crippen LogP contribution is -2.29. The van der Waals surface area contributed by atoms with Crippen molar-refractivity contribution in [2.45, 2.75) is 38.6 Å². The van der Waals surface area contributed by atoms with Gasteiger partial charge in [0.15, 0.2) is 5.13 Å². The van der Waals surface area contributed by atoms with E-state index < -0.39 is 17.7 Å². The number of ketones is 1. The number of Topliss-reactive ketones (excluding diaryl/α,β-unsaturated/α-hetero) is 1. The van der Waals surface area contributed by atoms with Gasteiger partial charge < -0.3 is 10.0 Å². The van der Waals surface area contributed by atoms with Gasteiger partial charge in [0.25, 0.3) is 5.78 Å². The van der Waals surface area contributed by atoms with Crippen LogP contribution in [0.1, 0.15) is 46.7 Å². The predicted octanol–water partition coefficient (Wildman–Crippen LogP) is 6.18. The molecule has 0 spiro atoms. The Morgan fingerprint density at radius 3 is 2.45 bits per heavy atom. The highest BCUT2D eigenvalue weighted by molar-refractivity contribution is 7.22. The van der Waals surface area contributed by atoms with Crippen molar-refractivity contribution < 1.29 is 14.7 Å². The number of carbonyl (C=O) groups is 2. The molecule has 0 saturated carbocycles. The second-order valence-corrected chi connectivity index (χ2v) is 11.3. The third-order valence-electron chi connectivity index (χ3n) is 7.53. The molecule has 0 bridgehead atoms. The molecule has 1 unspecified atom stereocenters. The van der Waals surface area contributed by atoms with Crippen LogP contribution in [0.3, 0.4) is 0 Å². The highest BCUT2D eigenvalue weighted by atomic mass is 32.1. The third-order valence-corrected chi connectivity index (χ3v) is 8.55. The fourth-order valence-electron chi connectivity index (χ4n) is 5.46. The number of anilines is 2. The summed E-state index contributed by atoms with van der Waals surface area (Å²) in [6, 6.07) is 18.8. The normalized spacial score (nSPS) is 18.7. The summed E-state index contributed by atoms with van der Waals surface area (Å²) in [5.41, 5.74) is 6.75. The van der Waals surface area contributed by atoms with Gasteiger partial charge in [-0.15, -0.1) is 0 Å². The molecule has 6 rings (SSSR count). The Balaban J connectivity index is 1.53. The van der Waals surface area contributed by atoms with E-state index >= 15 is 0 Å². The van der Waals surface area contributed by atoms with Crippen LogP contribution in [-0.4, -0.2) is 35.9 Å². The summed E-state index contributed by atoms with van der Waals surface area (Å²) in [4.78, 5) is 35.3. The predicted molar refractivity (Wildman–Crippen MR) is 153 cm³/mol. The summed E-state index contributed by atoms with van der Waals surface area (Å²) in [6.07, 6.45) is 4.24. The molecular weight excluding hydrogens is 494 g/mol. The number of amides is 1. The molecule has 6 nitrogen and oxygen atoms in total. The molecule has 2 heterocycles. The van der Waals surface area contributed by atoms with Gasteiger partial charge in [-0.25, -0.2) is 4.98 Å². The second kappa shape index (κ2) is 9.40. The molecule has 1 aliphatic carbocycles.